The van der Waals surface area contributed by atoms with Crippen LogP contribution >= 0.6 is 0 Å². The molecule has 26 heavy (non-hydrogen) atoms. The second kappa shape index (κ2) is 10.7. The van der Waals surface area contributed by atoms with E-state index in [1.807, 2.05) is 38.1 Å². The van der Waals surface area contributed by atoms with Crippen molar-refractivity contribution in [3.63, 3.8) is 0 Å². The molecule has 0 aliphatic carbocycles. The monoisotopic (exact) mass is 360 g/mol. The van der Waals surface area contributed by atoms with Crippen molar-refractivity contribution in [3.05, 3.63) is 29.8 Å². The Hall–Kier alpha value is -2.17. The highest BCUT2D eigenvalue weighted by Gasteiger charge is 2.23. The Morgan fingerprint density at radius 3 is 2.04 bits per heavy atom. The zero-order valence-corrected chi connectivity index (χ0v) is 16.6. The van der Waals surface area contributed by atoms with Crippen LogP contribution in [0, 0.1) is 11.8 Å². The van der Waals surface area contributed by atoms with Crippen LogP contribution in [-0.2, 0) is 20.8 Å². The largest absolute Gasteiger partial charge is 0.346 e. The first-order valence-corrected chi connectivity index (χ1v) is 9.43. The third kappa shape index (κ3) is 7.81. The Morgan fingerprint density at radius 2 is 1.54 bits per heavy atom. The topological polar surface area (TPSA) is 75.3 Å². The molecule has 0 spiro atoms. The van der Waals surface area contributed by atoms with Gasteiger partial charge in [0.2, 0.25) is 11.8 Å². The molecule has 5 heteroatoms. The minimum absolute atomic E-state index is 0.00503. The van der Waals surface area contributed by atoms with E-state index in [1.54, 1.807) is 6.92 Å². The van der Waals surface area contributed by atoms with Crippen LogP contribution in [-0.4, -0.2) is 23.6 Å². The molecule has 0 heterocycles. The van der Waals surface area contributed by atoms with E-state index in [-0.39, 0.29) is 36.4 Å². The van der Waals surface area contributed by atoms with Gasteiger partial charge in [-0.05, 0) is 36.0 Å². The number of carbonyl (C=O) groups is 3. The van der Waals surface area contributed by atoms with E-state index in [0.717, 1.165) is 12.1 Å². The van der Waals surface area contributed by atoms with Crippen LogP contribution in [0.4, 0.5) is 5.69 Å². The molecule has 0 saturated carbocycles. The molecular weight excluding hydrogens is 328 g/mol. The molecule has 0 unspecified atom stereocenters. The summed E-state index contributed by atoms with van der Waals surface area (Å²) in [5, 5.41) is 5.56. The van der Waals surface area contributed by atoms with Gasteiger partial charge in [-0.2, -0.15) is 0 Å². The average molecular weight is 360 g/mol. The Kier molecular flexibility index (Phi) is 9.03. The van der Waals surface area contributed by atoms with Gasteiger partial charge in [0.1, 0.15) is 0 Å². The fraction of sp³-hybridized carbons (Fsp3) is 0.571. The van der Waals surface area contributed by atoms with Gasteiger partial charge in [0.15, 0.2) is 5.78 Å². The Bertz CT molecular complexity index is 606. The summed E-state index contributed by atoms with van der Waals surface area (Å²) in [7, 11) is 0. The van der Waals surface area contributed by atoms with E-state index in [1.165, 1.54) is 5.56 Å². The van der Waals surface area contributed by atoms with Crippen LogP contribution in [0.2, 0.25) is 0 Å². The number of benzene rings is 1. The van der Waals surface area contributed by atoms with Gasteiger partial charge in [-0.3, -0.25) is 14.4 Å². The summed E-state index contributed by atoms with van der Waals surface area (Å²) < 4.78 is 0. The Labute approximate surface area is 156 Å². The number of hydrogen-bond donors (Lipinski definition) is 2. The predicted molar refractivity (Wildman–Crippen MR) is 105 cm³/mol. The molecule has 0 saturated heterocycles. The summed E-state index contributed by atoms with van der Waals surface area (Å²) in [6.07, 6.45) is 1.56. The summed E-state index contributed by atoms with van der Waals surface area (Å²) in [6.45, 7) is 9.85. The van der Waals surface area contributed by atoms with Gasteiger partial charge < -0.3 is 10.6 Å². The second-order valence-corrected chi connectivity index (χ2v) is 7.45. The summed E-state index contributed by atoms with van der Waals surface area (Å²) in [6, 6.07) is 7.25. The second-order valence-electron chi connectivity index (χ2n) is 7.45. The van der Waals surface area contributed by atoms with Gasteiger partial charge in [-0.15, -0.1) is 0 Å². The fourth-order valence-electron chi connectivity index (χ4n) is 2.71. The molecule has 0 bridgehead atoms. The number of nitrogens with one attached hydrogen (secondary N) is 2. The SMILES string of the molecule is CCC(=O)N[C@H](C(=O)CCC(=O)Nc1ccc(CC(C)C)cc1)C(C)C. The fourth-order valence-corrected chi connectivity index (χ4v) is 2.71. The number of hydrogen-bond acceptors (Lipinski definition) is 3. The number of amides is 2. The zero-order valence-electron chi connectivity index (χ0n) is 16.6. The molecule has 0 aliphatic rings. The molecule has 0 aromatic heterocycles. The van der Waals surface area contributed by atoms with Crippen molar-refractivity contribution in [1.29, 1.82) is 0 Å². The van der Waals surface area contributed by atoms with Crippen molar-refractivity contribution in [2.75, 3.05) is 5.32 Å². The Balaban J connectivity index is 2.51. The van der Waals surface area contributed by atoms with Crippen LogP contribution < -0.4 is 10.6 Å². The Morgan fingerprint density at radius 1 is 0.923 bits per heavy atom. The van der Waals surface area contributed by atoms with E-state index in [4.69, 9.17) is 0 Å². The molecule has 1 aromatic rings. The maximum Gasteiger partial charge on any atom is 0.224 e. The number of rotatable bonds is 10. The molecule has 1 atom stereocenters. The van der Waals surface area contributed by atoms with E-state index < -0.39 is 6.04 Å². The van der Waals surface area contributed by atoms with Gasteiger partial charge >= 0.3 is 0 Å². The quantitative estimate of drug-likeness (QED) is 0.668. The lowest BCUT2D eigenvalue weighted by Crippen LogP contribution is -2.44. The molecule has 0 aliphatic heterocycles. The summed E-state index contributed by atoms with van der Waals surface area (Å²) in [5.74, 6) is 0.129. The minimum Gasteiger partial charge on any atom is -0.346 e. The predicted octanol–water partition coefficient (Wildman–Crippen LogP) is 3.72. The standard InChI is InChI=1S/C21H32N2O3/c1-6-19(25)23-21(15(4)5)18(24)11-12-20(26)22-17-9-7-16(8-10-17)13-14(2)3/h7-10,14-15,21H,6,11-13H2,1-5H3,(H,22,26)(H,23,25)/t21-/m0/s1. The molecule has 1 aromatic carbocycles. The van der Waals surface area contributed by atoms with E-state index in [2.05, 4.69) is 24.5 Å². The maximum absolute atomic E-state index is 12.3. The van der Waals surface area contributed by atoms with Crippen molar-refractivity contribution in [2.45, 2.75) is 66.3 Å². The molecule has 0 radical (unpaired) electrons. The van der Waals surface area contributed by atoms with E-state index in [9.17, 15) is 14.4 Å². The van der Waals surface area contributed by atoms with Crippen LogP contribution in [0.1, 0.15) is 59.4 Å². The smallest absolute Gasteiger partial charge is 0.224 e. The zero-order chi connectivity index (χ0) is 19.7. The number of anilines is 1. The minimum atomic E-state index is -0.537. The van der Waals surface area contributed by atoms with Crippen LogP contribution in [0.5, 0.6) is 0 Å². The highest BCUT2D eigenvalue weighted by Crippen LogP contribution is 2.14. The van der Waals surface area contributed by atoms with Crippen molar-refractivity contribution < 1.29 is 14.4 Å². The van der Waals surface area contributed by atoms with Crippen molar-refractivity contribution in [2.24, 2.45) is 11.8 Å². The molecular formula is C21H32N2O3. The third-order valence-corrected chi connectivity index (χ3v) is 4.13. The van der Waals surface area contributed by atoms with Crippen LogP contribution in [0.25, 0.3) is 0 Å². The lowest BCUT2D eigenvalue weighted by atomic mass is 9.96. The lowest BCUT2D eigenvalue weighted by Gasteiger charge is -2.20. The van der Waals surface area contributed by atoms with E-state index >= 15 is 0 Å². The molecule has 2 amide bonds. The summed E-state index contributed by atoms with van der Waals surface area (Å²) in [5.41, 5.74) is 1.97. The summed E-state index contributed by atoms with van der Waals surface area (Å²) >= 11 is 0. The highest BCUT2D eigenvalue weighted by molar-refractivity contribution is 5.95. The first kappa shape index (κ1) is 21.9. The third-order valence-electron chi connectivity index (χ3n) is 4.13. The molecule has 0 fully saturated rings. The molecule has 2 N–H and O–H groups in total. The van der Waals surface area contributed by atoms with Crippen LogP contribution in [0.3, 0.4) is 0 Å². The van der Waals surface area contributed by atoms with Crippen molar-refractivity contribution in [1.82, 2.24) is 5.32 Å². The highest BCUT2D eigenvalue weighted by atomic mass is 16.2. The summed E-state index contributed by atoms with van der Waals surface area (Å²) in [4.78, 5) is 36.0. The van der Waals surface area contributed by atoms with Crippen molar-refractivity contribution >= 4 is 23.3 Å². The number of carbonyl (C=O) groups excluding carboxylic acids is 3. The lowest BCUT2D eigenvalue weighted by molar-refractivity contribution is -0.129. The van der Waals surface area contributed by atoms with Gasteiger partial charge in [-0.25, -0.2) is 0 Å². The van der Waals surface area contributed by atoms with Gasteiger partial charge in [0, 0.05) is 24.9 Å². The van der Waals surface area contributed by atoms with Crippen LogP contribution in [0.15, 0.2) is 24.3 Å². The molecule has 1 rings (SSSR count). The van der Waals surface area contributed by atoms with Gasteiger partial charge in [0.05, 0.1) is 6.04 Å². The van der Waals surface area contributed by atoms with Gasteiger partial charge in [-0.1, -0.05) is 46.8 Å². The first-order valence-electron chi connectivity index (χ1n) is 9.43. The number of ketones is 1. The normalized spacial score (nSPS) is 12.1. The molecule has 5 nitrogen and oxygen atoms in total. The van der Waals surface area contributed by atoms with E-state index in [0.29, 0.717) is 12.3 Å². The van der Waals surface area contributed by atoms with Gasteiger partial charge in [0.25, 0.3) is 0 Å². The average Bonchev–Trinajstić information content (AvgIpc) is 2.58. The van der Waals surface area contributed by atoms with Crippen molar-refractivity contribution in [3.8, 4) is 0 Å². The number of Topliss-reactive ketones (excluding diaryl/α,β-unsaturated/α-hetero) is 1. The maximum atomic E-state index is 12.3. The molecule has 144 valence electrons. The first-order chi connectivity index (χ1) is 12.2.